The highest BCUT2D eigenvalue weighted by atomic mass is 17.2. The molecule has 1 radical (unpaired) electrons. The van der Waals surface area contributed by atoms with Gasteiger partial charge >= 0.3 is 5.97 Å². The molecule has 1 saturated carbocycles. The molecule has 18 heavy (non-hydrogen) atoms. The van der Waals surface area contributed by atoms with Gasteiger partial charge in [0, 0.05) is 0 Å². The third kappa shape index (κ3) is 3.33. The Labute approximate surface area is 108 Å². The maximum atomic E-state index is 11.8. The Bertz CT molecular complexity index is 420. The molecule has 1 aliphatic rings. The monoisotopic (exact) mass is 247 g/mol. The summed E-state index contributed by atoms with van der Waals surface area (Å²) < 4.78 is 0. The van der Waals surface area contributed by atoms with Gasteiger partial charge in [-0.15, -0.1) is 0 Å². The molecule has 1 aliphatic carbocycles. The first-order valence-corrected chi connectivity index (χ1v) is 6.47. The first-order valence-electron chi connectivity index (χ1n) is 6.47. The van der Waals surface area contributed by atoms with E-state index in [9.17, 15) is 4.79 Å². The maximum absolute atomic E-state index is 11.8. The number of carbonyl (C=O) groups is 1. The van der Waals surface area contributed by atoms with Crippen molar-refractivity contribution in [3.63, 3.8) is 0 Å². The first-order chi connectivity index (χ1) is 8.66. The molecule has 0 bridgehead atoms. The van der Waals surface area contributed by atoms with Crippen molar-refractivity contribution in [1.82, 2.24) is 0 Å². The van der Waals surface area contributed by atoms with Crippen LogP contribution in [-0.4, -0.2) is 5.97 Å². The van der Waals surface area contributed by atoms with Crippen LogP contribution in [0.1, 0.15) is 53.6 Å². The quantitative estimate of drug-likeness (QED) is 0.600. The predicted molar refractivity (Wildman–Crippen MR) is 68.7 cm³/mol. The Morgan fingerprint density at radius 1 is 1.06 bits per heavy atom. The predicted octanol–water partition coefficient (Wildman–Crippen LogP) is 3.89. The number of aryl methyl sites for hydroxylation is 2. The normalized spacial score (nSPS) is 16.6. The minimum atomic E-state index is -0.420. The fraction of sp³-hybridized carbons (Fsp3) is 0.467. The fourth-order valence-electron chi connectivity index (χ4n) is 2.04. The van der Waals surface area contributed by atoms with Gasteiger partial charge in [0.1, 0.15) is 6.10 Å². The zero-order valence-electron chi connectivity index (χ0n) is 11.0. The van der Waals surface area contributed by atoms with E-state index in [1.165, 1.54) is 6.42 Å². The van der Waals surface area contributed by atoms with Crippen LogP contribution in [0.5, 0.6) is 0 Å². The molecule has 1 aromatic rings. The van der Waals surface area contributed by atoms with E-state index in [1.807, 2.05) is 26.0 Å². The van der Waals surface area contributed by atoms with Crippen molar-refractivity contribution in [2.45, 2.75) is 46.0 Å². The molecule has 1 fully saturated rings. The Balaban J connectivity index is 1.88. The molecule has 0 aromatic heterocycles. The van der Waals surface area contributed by atoms with E-state index in [4.69, 9.17) is 9.78 Å². The highest BCUT2D eigenvalue weighted by molar-refractivity contribution is 5.89. The van der Waals surface area contributed by atoms with Crippen molar-refractivity contribution in [2.75, 3.05) is 0 Å². The molecular weight excluding hydrogens is 228 g/mol. The van der Waals surface area contributed by atoms with Gasteiger partial charge in [0.15, 0.2) is 0 Å². The molecule has 0 spiro atoms. The molecule has 0 aliphatic heterocycles. The molecule has 1 aromatic carbocycles. The van der Waals surface area contributed by atoms with E-state index in [2.05, 4.69) is 0 Å². The number of hydrogen-bond acceptors (Lipinski definition) is 3. The van der Waals surface area contributed by atoms with Crippen molar-refractivity contribution < 1.29 is 14.6 Å². The summed E-state index contributed by atoms with van der Waals surface area (Å²) in [7, 11) is 0. The molecular formula is C15H19O3. The van der Waals surface area contributed by atoms with Crippen LogP contribution in [0.2, 0.25) is 0 Å². The minimum Gasteiger partial charge on any atom is -0.292 e. The lowest BCUT2D eigenvalue weighted by atomic mass is 9.98. The van der Waals surface area contributed by atoms with Crippen LogP contribution in [0, 0.1) is 20.0 Å². The lowest BCUT2D eigenvalue weighted by Crippen LogP contribution is -2.13. The topological polar surface area (TPSA) is 35.5 Å². The van der Waals surface area contributed by atoms with Crippen LogP contribution in [0.25, 0.3) is 0 Å². The van der Waals surface area contributed by atoms with Gasteiger partial charge in [0.2, 0.25) is 0 Å². The van der Waals surface area contributed by atoms with Gasteiger partial charge in [-0.05, 0) is 49.9 Å². The summed E-state index contributed by atoms with van der Waals surface area (Å²) in [6.07, 6.45) is 6.17. The Morgan fingerprint density at radius 3 is 2.44 bits per heavy atom. The smallest absolute Gasteiger partial charge is 0.292 e. The van der Waals surface area contributed by atoms with E-state index >= 15 is 0 Å². The molecule has 3 heteroatoms. The summed E-state index contributed by atoms with van der Waals surface area (Å²) in [6.45, 7) is 3.99. The van der Waals surface area contributed by atoms with Gasteiger partial charge in [-0.2, -0.15) is 4.89 Å². The summed E-state index contributed by atoms with van der Waals surface area (Å²) in [4.78, 5) is 21.8. The molecule has 0 saturated heterocycles. The third-order valence-electron chi connectivity index (χ3n) is 3.39. The molecule has 3 nitrogen and oxygen atoms in total. The Hall–Kier alpha value is -1.35. The summed E-state index contributed by atoms with van der Waals surface area (Å²) in [5, 5.41) is 0. The van der Waals surface area contributed by atoms with E-state index < -0.39 is 5.97 Å². The summed E-state index contributed by atoms with van der Waals surface area (Å²) in [5.41, 5.74) is 2.78. The molecule has 0 amide bonds. The third-order valence-corrected chi connectivity index (χ3v) is 3.39. The standard InChI is InChI=1S/C15H19O3/c1-11-8-9-13(10-12(11)2)15(16)18-17-14-6-4-3-5-7-14/h8-10H,3-7H2,1-2H3. The number of carbonyl (C=O) groups excluding carboxylic acids is 1. The zero-order chi connectivity index (χ0) is 13.0. The highest BCUT2D eigenvalue weighted by Crippen LogP contribution is 2.26. The lowest BCUT2D eigenvalue weighted by Gasteiger charge is -2.18. The van der Waals surface area contributed by atoms with Crippen molar-refractivity contribution in [2.24, 2.45) is 0 Å². The lowest BCUT2D eigenvalue weighted by molar-refractivity contribution is -0.239. The van der Waals surface area contributed by atoms with E-state index in [0.717, 1.165) is 42.9 Å². The maximum Gasteiger partial charge on any atom is 0.373 e. The molecule has 0 unspecified atom stereocenters. The Morgan fingerprint density at radius 2 is 1.78 bits per heavy atom. The van der Waals surface area contributed by atoms with Gasteiger partial charge in [0.05, 0.1) is 5.56 Å². The molecule has 0 heterocycles. The van der Waals surface area contributed by atoms with Gasteiger partial charge < -0.3 is 0 Å². The summed E-state index contributed by atoms with van der Waals surface area (Å²) in [5.74, 6) is -0.420. The number of rotatable bonds is 3. The van der Waals surface area contributed by atoms with E-state index in [0.29, 0.717) is 5.56 Å². The highest BCUT2D eigenvalue weighted by Gasteiger charge is 2.19. The number of benzene rings is 1. The average molecular weight is 247 g/mol. The number of hydrogen-bond donors (Lipinski definition) is 0. The van der Waals surface area contributed by atoms with Crippen molar-refractivity contribution in [1.29, 1.82) is 0 Å². The molecule has 2 rings (SSSR count). The van der Waals surface area contributed by atoms with Gasteiger partial charge in [-0.1, -0.05) is 25.3 Å². The van der Waals surface area contributed by atoms with Crippen molar-refractivity contribution >= 4 is 5.97 Å². The van der Waals surface area contributed by atoms with Crippen LogP contribution in [0.4, 0.5) is 0 Å². The van der Waals surface area contributed by atoms with Gasteiger partial charge in [0.25, 0.3) is 0 Å². The second-order valence-electron chi connectivity index (χ2n) is 4.85. The van der Waals surface area contributed by atoms with Crippen LogP contribution >= 0.6 is 0 Å². The molecule has 97 valence electrons. The van der Waals surface area contributed by atoms with Crippen molar-refractivity contribution in [3.05, 3.63) is 41.0 Å². The first kappa shape index (κ1) is 13.1. The fourth-order valence-corrected chi connectivity index (χ4v) is 2.04. The molecule has 0 atom stereocenters. The van der Waals surface area contributed by atoms with Gasteiger partial charge in [-0.3, -0.25) is 4.89 Å². The SMILES string of the molecule is Cc1ccc(C(=O)OO[C]2CCCCC2)cc1C. The van der Waals surface area contributed by atoms with E-state index in [-0.39, 0.29) is 0 Å². The Kier molecular flexibility index (Phi) is 4.37. The minimum absolute atomic E-state index is 0.420. The second kappa shape index (κ2) is 6.01. The largest absolute Gasteiger partial charge is 0.373 e. The second-order valence-corrected chi connectivity index (χ2v) is 4.85. The van der Waals surface area contributed by atoms with E-state index in [1.54, 1.807) is 6.07 Å². The molecule has 0 N–H and O–H groups in total. The van der Waals surface area contributed by atoms with Gasteiger partial charge in [-0.25, -0.2) is 4.79 Å². The van der Waals surface area contributed by atoms with Crippen LogP contribution in [0.15, 0.2) is 18.2 Å². The average Bonchev–Trinajstić information content (AvgIpc) is 2.40. The van der Waals surface area contributed by atoms with Crippen LogP contribution < -0.4 is 0 Å². The van der Waals surface area contributed by atoms with Crippen LogP contribution in [-0.2, 0) is 9.78 Å². The summed E-state index contributed by atoms with van der Waals surface area (Å²) in [6, 6.07) is 5.51. The zero-order valence-corrected chi connectivity index (χ0v) is 11.0. The van der Waals surface area contributed by atoms with Crippen molar-refractivity contribution in [3.8, 4) is 0 Å². The van der Waals surface area contributed by atoms with Crippen LogP contribution in [0.3, 0.4) is 0 Å². The summed E-state index contributed by atoms with van der Waals surface area (Å²) >= 11 is 0.